The number of carbonyl (C=O) groups excluding carboxylic acids is 1. The van der Waals surface area contributed by atoms with Crippen LogP contribution in [0, 0.1) is 18.6 Å². The molecule has 276 valence electrons. The SMILES string of the molecule is CNC1CCC(N(Cc2cc(-c3ccncc3)ccc2C)C(=O)c2sc3c(F)ccc(F)c3c2Cl)CC1.O=C(O)C(F)(F)F.O=C(O)C(F)(F)F. The minimum absolute atomic E-state index is 0.00273. The summed E-state index contributed by atoms with van der Waals surface area (Å²) < 4.78 is 92.6. The van der Waals surface area contributed by atoms with Crippen molar-refractivity contribution < 1.29 is 59.7 Å². The average molecular weight is 768 g/mol. The monoisotopic (exact) mass is 767 g/mol. The largest absolute Gasteiger partial charge is 0.490 e. The van der Waals surface area contributed by atoms with E-state index in [1.807, 2.05) is 31.0 Å². The molecule has 1 saturated carbocycles. The predicted molar refractivity (Wildman–Crippen MR) is 174 cm³/mol. The third kappa shape index (κ3) is 10.8. The number of rotatable bonds is 6. The van der Waals surface area contributed by atoms with Crippen LogP contribution in [0.3, 0.4) is 0 Å². The number of aryl methyl sites for hydroxylation is 1. The maximum absolute atomic E-state index is 14.6. The molecule has 8 nitrogen and oxygen atoms in total. The van der Waals surface area contributed by atoms with Crippen molar-refractivity contribution in [3.63, 3.8) is 0 Å². The Kier molecular flexibility index (Phi) is 13.9. The number of carboxylic acids is 2. The molecule has 0 aliphatic heterocycles. The van der Waals surface area contributed by atoms with Gasteiger partial charge in [-0.3, -0.25) is 9.78 Å². The van der Waals surface area contributed by atoms with E-state index in [1.165, 1.54) is 0 Å². The Labute approximate surface area is 294 Å². The first-order valence-corrected chi connectivity index (χ1v) is 16.1. The Morgan fingerprint density at radius 3 is 1.90 bits per heavy atom. The number of carbonyl (C=O) groups is 3. The van der Waals surface area contributed by atoms with E-state index in [-0.39, 0.29) is 31.9 Å². The second-order valence-corrected chi connectivity index (χ2v) is 12.6. The molecule has 3 N–H and O–H groups in total. The Hall–Kier alpha value is -4.35. The summed E-state index contributed by atoms with van der Waals surface area (Å²) in [5.41, 5.74) is 4.17. The number of aromatic nitrogens is 1. The normalized spacial score (nSPS) is 16.0. The van der Waals surface area contributed by atoms with Gasteiger partial charge in [0.15, 0.2) is 0 Å². The van der Waals surface area contributed by atoms with E-state index in [4.69, 9.17) is 31.4 Å². The molecule has 1 aliphatic rings. The van der Waals surface area contributed by atoms with Crippen molar-refractivity contribution in [3.05, 3.63) is 87.5 Å². The summed E-state index contributed by atoms with van der Waals surface area (Å²) in [6.07, 6.45) is -3.08. The number of pyridine rings is 1. The number of amides is 1. The maximum atomic E-state index is 14.6. The molecule has 5 rings (SSSR count). The highest BCUT2D eigenvalue weighted by Crippen LogP contribution is 2.40. The van der Waals surface area contributed by atoms with Gasteiger partial charge < -0.3 is 20.4 Å². The third-order valence-electron chi connectivity index (χ3n) is 7.87. The van der Waals surface area contributed by atoms with Crippen molar-refractivity contribution in [2.24, 2.45) is 0 Å². The lowest BCUT2D eigenvalue weighted by atomic mass is 9.89. The van der Waals surface area contributed by atoms with Gasteiger partial charge >= 0.3 is 24.3 Å². The molecular formula is C33H30ClF8N3O5S. The van der Waals surface area contributed by atoms with E-state index >= 15 is 0 Å². The lowest BCUT2D eigenvalue weighted by Crippen LogP contribution is -2.44. The Balaban J connectivity index is 0.000000424. The number of halogens is 9. The van der Waals surface area contributed by atoms with Crippen molar-refractivity contribution in [1.29, 1.82) is 0 Å². The van der Waals surface area contributed by atoms with Gasteiger partial charge in [0.1, 0.15) is 16.5 Å². The van der Waals surface area contributed by atoms with Gasteiger partial charge in [-0.15, -0.1) is 11.3 Å². The molecule has 0 unspecified atom stereocenters. The van der Waals surface area contributed by atoms with E-state index in [0.717, 1.165) is 71.4 Å². The zero-order valence-corrected chi connectivity index (χ0v) is 28.3. The molecular weight excluding hydrogens is 738 g/mol. The minimum Gasteiger partial charge on any atom is -0.475 e. The number of fused-ring (bicyclic) bond motifs is 1. The van der Waals surface area contributed by atoms with E-state index in [9.17, 15) is 39.9 Å². The Bertz CT molecular complexity index is 1820. The zero-order chi connectivity index (χ0) is 38.3. The van der Waals surface area contributed by atoms with E-state index < -0.39 is 35.9 Å². The summed E-state index contributed by atoms with van der Waals surface area (Å²) in [6.45, 7) is 2.41. The molecule has 4 aromatic rings. The smallest absolute Gasteiger partial charge is 0.475 e. The first kappa shape index (κ1) is 41.1. The number of nitrogens with one attached hydrogen (secondary N) is 1. The molecule has 1 aliphatic carbocycles. The predicted octanol–water partition coefficient (Wildman–Crippen LogP) is 8.64. The van der Waals surface area contributed by atoms with Gasteiger partial charge in [-0.25, -0.2) is 18.4 Å². The first-order valence-electron chi connectivity index (χ1n) is 14.9. The first-order chi connectivity index (χ1) is 23.8. The Morgan fingerprint density at radius 2 is 1.41 bits per heavy atom. The van der Waals surface area contributed by atoms with E-state index in [0.29, 0.717) is 12.6 Å². The number of alkyl halides is 6. The number of hydrogen-bond acceptors (Lipinski definition) is 6. The summed E-state index contributed by atoms with van der Waals surface area (Å²) in [7, 11) is 1.96. The molecule has 1 amide bonds. The second-order valence-electron chi connectivity index (χ2n) is 11.2. The van der Waals surface area contributed by atoms with E-state index in [2.05, 4.69) is 28.5 Å². The summed E-state index contributed by atoms with van der Waals surface area (Å²) in [5.74, 6) is -7.00. The van der Waals surface area contributed by atoms with Gasteiger partial charge in [-0.05, 0) is 92.2 Å². The molecule has 0 saturated heterocycles. The molecule has 0 bridgehead atoms. The molecule has 2 heterocycles. The molecule has 51 heavy (non-hydrogen) atoms. The second kappa shape index (κ2) is 17.2. The van der Waals surface area contributed by atoms with Crippen molar-refractivity contribution in [2.45, 2.75) is 63.6 Å². The average Bonchev–Trinajstić information content (AvgIpc) is 3.44. The van der Waals surface area contributed by atoms with Crippen LogP contribution in [0.25, 0.3) is 21.2 Å². The number of benzene rings is 2. The molecule has 2 aromatic carbocycles. The van der Waals surface area contributed by atoms with Crippen LogP contribution in [0.2, 0.25) is 5.02 Å². The molecule has 0 atom stereocenters. The van der Waals surface area contributed by atoms with Gasteiger partial charge in [0.25, 0.3) is 5.91 Å². The molecule has 0 radical (unpaired) electrons. The van der Waals surface area contributed by atoms with Crippen LogP contribution >= 0.6 is 22.9 Å². The third-order valence-corrected chi connectivity index (χ3v) is 9.55. The van der Waals surface area contributed by atoms with Gasteiger partial charge in [-0.1, -0.05) is 23.7 Å². The lowest BCUT2D eigenvalue weighted by molar-refractivity contribution is -0.193. The summed E-state index contributed by atoms with van der Waals surface area (Å²) in [5, 5.41) is 17.5. The lowest BCUT2D eigenvalue weighted by Gasteiger charge is -2.37. The fourth-order valence-electron chi connectivity index (χ4n) is 5.16. The van der Waals surface area contributed by atoms with Crippen molar-refractivity contribution in [3.8, 4) is 11.1 Å². The molecule has 2 aromatic heterocycles. The van der Waals surface area contributed by atoms with Gasteiger partial charge in [-0.2, -0.15) is 26.3 Å². The fourth-order valence-corrected chi connectivity index (χ4v) is 6.66. The van der Waals surface area contributed by atoms with Crippen LogP contribution in [0.15, 0.2) is 54.9 Å². The number of aliphatic carboxylic acids is 2. The Morgan fingerprint density at radius 1 is 0.882 bits per heavy atom. The minimum atomic E-state index is -5.08. The zero-order valence-electron chi connectivity index (χ0n) is 26.7. The van der Waals surface area contributed by atoms with Crippen LogP contribution in [-0.2, 0) is 16.1 Å². The topological polar surface area (TPSA) is 120 Å². The van der Waals surface area contributed by atoms with Crippen LogP contribution in [0.1, 0.15) is 46.5 Å². The van der Waals surface area contributed by atoms with E-state index in [1.54, 1.807) is 12.4 Å². The summed E-state index contributed by atoms with van der Waals surface area (Å²) >= 11 is 7.47. The van der Waals surface area contributed by atoms with Crippen LogP contribution in [-0.4, -0.2) is 69.4 Å². The van der Waals surface area contributed by atoms with Gasteiger partial charge in [0.05, 0.1) is 15.1 Å². The van der Waals surface area contributed by atoms with Gasteiger partial charge in [0.2, 0.25) is 0 Å². The quantitative estimate of drug-likeness (QED) is 0.168. The highest BCUT2D eigenvalue weighted by molar-refractivity contribution is 7.21. The van der Waals surface area contributed by atoms with Crippen molar-refractivity contribution >= 4 is 50.9 Å². The fraction of sp³-hybridized carbons (Fsp3) is 0.333. The summed E-state index contributed by atoms with van der Waals surface area (Å²) in [4.78, 5) is 38.0. The van der Waals surface area contributed by atoms with Crippen LogP contribution in [0.5, 0.6) is 0 Å². The van der Waals surface area contributed by atoms with Crippen LogP contribution < -0.4 is 5.32 Å². The summed E-state index contributed by atoms with van der Waals surface area (Å²) in [6, 6.07) is 12.7. The van der Waals surface area contributed by atoms with Crippen molar-refractivity contribution in [2.75, 3.05) is 7.05 Å². The highest BCUT2D eigenvalue weighted by atomic mass is 35.5. The molecule has 0 spiro atoms. The van der Waals surface area contributed by atoms with Gasteiger partial charge in [0, 0.05) is 31.0 Å². The molecule has 1 fully saturated rings. The van der Waals surface area contributed by atoms with Crippen molar-refractivity contribution in [1.82, 2.24) is 15.2 Å². The maximum Gasteiger partial charge on any atom is 0.490 e. The molecule has 18 heteroatoms. The number of hydrogen-bond donors (Lipinski definition) is 3. The standard InChI is InChI=1S/C29H28ClF2N3OS.2C2HF3O2/c1-17-3-4-19(18-11-13-34-14-12-18)15-20(17)16-35(22-7-5-21(33-2)6-8-22)29(36)28-26(30)25-23(31)9-10-24(32)27(25)37-28;2*3-2(4,5)1(6)7/h3-4,9-15,21-22,33H,5-8,16H2,1-2H3;2*(H,6,7). The number of thiophene rings is 1. The van der Waals surface area contributed by atoms with Crippen LogP contribution in [0.4, 0.5) is 35.1 Å². The highest BCUT2D eigenvalue weighted by Gasteiger charge is 2.39. The number of nitrogens with zero attached hydrogens (tertiary/aromatic N) is 2. The number of carboxylic acid groups (broad SMARTS) is 2.